The van der Waals surface area contributed by atoms with Crippen LogP contribution in [0.3, 0.4) is 0 Å². The average Bonchev–Trinajstić information content (AvgIpc) is 2.33. The zero-order valence-corrected chi connectivity index (χ0v) is 13.2. The lowest BCUT2D eigenvalue weighted by atomic mass is 9.97. The van der Waals surface area contributed by atoms with Crippen LogP contribution in [0, 0.1) is 13.8 Å². The summed E-state index contributed by atoms with van der Waals surface area (Å²) >= 11 is 0. The van der Waals surface area contributed by atoms with Crippen LogP contribution in [-0.2, 0) is 6.54 Å². The van der Waals surface area contributed by atoms with Gasteiger partial charge in [-0.15, -0.1) is 0 Å². The molecule has 0 bridgehead atoms. The molecule has 0 aliphatic carbocycles. The number of benzene rings is 1. The number of nitrogens with two attached hydrogens (primary N) is 1. The van der Waals surface area contributed by atoms with Crippen LogP contribution in [0.5, 0.6) is 5.75 Å². The van der Waals surface area contributed by atoms with E-state index < -0.39 is 0 Å². The molecule has 0 amide bonds. The normalized spacial score (nSPS) is 12.0. The first-order valence-electron chi connectivity index (χ1n) is 6.87. The van der Waals surface area contributed by atoms with Crippen LogP contribution >= 0.6 is 0 Å². The third kappa shape index (κ3) is 3.95. The Bertz CT molecular complexity index is 427. The van der Waals surface area contributed by atoms with E-state index in [9.17, 15) is 0 Å². The van der Waals surface area contributed by atoms with Gasteiger partial charge in [0, 0.05) is 17.6 Å². The second-order valence-electron chi connectivity index (χ2n) is 5.96. The Balaban J connectivity index is 2.96. The van der Waals surface area contributed by atoms with Crippen molar-refractivity contribution >= 4 is 0 Å². The van der Waals surface area contributed by atoms with Gasteiger partial charge in [0.05, 0.1) is 7.11 Å². The predicted molar refractivity (Wildman–Crippen MR) is 81.7 cm³/mol. The van der Waals surface area contributed by atoms with Gasteiger partial charge in [0.1, 0.15) is 5.75 Å². The molecule has 1 aromatic carbocycles. The van der Waals surface area contributed by atoms with E-state index in [1.165, 1.54) is 16.7 Å². The summed E-state index contributed by atoms with van der Waals surface area (Å²) in [6.45, 7) is 10.3. The Morgan fingerprint density at radius 2 is 1.79 bits per heavy atom. The number of aryl methyl sites for hydroxylation is 2. The zero-order valence-electron chi connectivity index (χ0n) is 13.2. The lowest BCUT2D eigenvalue weighted by molar-refractivity contribution is 0.138. The first-order valence-corrected chi connectivity index (χ1v) is 6.87. The molecule has 0 radical (unpaired) electrons. The number of rotatable bonds is 6. The van der Waals surface area contributed by atoms with Crippen molar-refractivity contribution in [2.75, 3.05) is 20.7 Å². The lowest BCUT2D eigenvalue weighted by Gasteiger charge is -2.36. The van der Waals surface area contributed by atoms with E-state index in [2.05, 4.69) is 51.8 Å². The highest BCUT2D eigenvalue weighted by Crippen LogP contribution is 2.27. The fourth-order valence-electron chi connectivity index (χ4n) is 2.18. The van der Waals surface area contributed by atoms with E-state index in [0.717, 1.165) is 18.7 Å². The second-order valence-corrected chi connectivity index (χ2v) is 5.96. The molecule has 1 rings (SSSR count). The highest BCUT2D eigenvalue weighted by Gasteiger charge is 2.23. The summed E-state index contributed by atoms with van der Waals surface area (Å²) in [4.78, 5) is 2.34. The predicted octanol–water partition coefficient (Wildman–Crippen LogP) is 2.87. The Hall–Kier alpha value is -1.06. The van der Waals surface area contributed by atoms with E-state index in [4.69, 9.17) is 10.5 Å². The summed E-state index contributed by atoms with van der Waals surface area (Å²) in [6.07, 6.45) is 0.983. The number of hydrogen-bond acceptors (Lipinski definition) is 3. The molecular weight excluding hydrogens is 236 g/mol. The van der Waals surface area contributed by atoms with E-state index >= 15 is 0 Å². The standard InChI is InChI=1S/C16H28N2O/c1-12-9-14(15(19-6)10-13(12)2)11-18(5)16(3,4)7-8-17/h9-10H,7-8,11,17H2,1-6H3. The fraction of sp³-hybridized carbons (Fsp3) is 0.625. The highest BCUT2D eigenvalue weighted by atomic mass is 16.5. The Labute approximate surface area is 117 Å². The minimum Gasteiger partial charge on any atom is -0.496 e. The van der Waals surface area contributed by atoms with Crippen LogP contribution in [0.2, 0.25) is 0 Å². The van der Waals surface area contributed by atoms with Crippen molar-refractivity contribution < 1.29 is 4.74 Å². The molecular formula is C16H28N2O. The Morgan fingerprint density at radius 3 is 2.32 bits per heavy atom. The molecule has 3 nitrogen and oxygen atoms in total. The number of hydrogen-bond donors (Lipinski definition) is 1. The van der Waals surface area contributed by atoms with Crippen LogP contribution < -0.4 is 10.5 Å². The van der Waals surface area contributed by atoms with Gasteiger partial charge in [-0.2, -0.15) is 0 Å². The zero-order chi connectivity index (χ0) is 14.6. The molecule has 0 aromatic heterocycles. The van der Waals surface area contributed by atoms with Crippen LogP contribution in [0.4, 0.5) is 0 Å². The largest absolute Gasteiger partial charge is 0.496 e. The van der Waals surface area contributed by atoms with Crippen molar-refractivity contribution in [3.8, 4) is 5.75 Å². The van der Waals surface area contributed by atoms with Crippen LogP contribution in [-0.4, -0.2) is 31.1 Å². The number of ether oxygens (including phenoxy) is 1. The number of nitrogens with zero attached hydrogens (tertiary/aromatic N) is 1. The first kappa shape index (κ1) is 16.0. The summed E-state index contributed by atoms with van der Waals surface area (Å²) < 4.78 is 5.50. The summed E-state index contributed by atoms with van der Waals surface area (Å²) in [7, 11) is 3.88. The van der Waals surface area contributed by atoms with Gasteiger partial charge in [0.25, 0.3) is 0 Å². The average molecular weight is 264 g/mol. The molecule has 0 heterocycles. The topological polar surface area (TPSA) is 38.5 Å². The molecule has 0 atom stereocenters. The fourth-order valence-corrected chi connectivity index (χ4v) is 2.18. The molecule has 0 aliphatic rings. The van der Waals surface area contributed by atoms with Gasteiger partial charge in [-0.1, -0.05) is 6.07 Å². The minimum atomic E-state index is 0.0958. The summed E-state index contributed by atoms with van der Waals surface area (Å²) in [5.41, 5.74) is 9.60. The van der Waals surface area contributed by atoms with Crippen molar-refractivity contribution in [2.45, 2.75) is 46.2 Å². The molecule has 3 heteroatoms. The first-order chi connectivity index (χ1) is 8.81. The Kier molecular flexibility index (Phi) is 5.39. The van der Waals surface area contributed by atoms with Gasteiger partial charge >= 0.3 is 0 Å². The molecule has 19 heavy (non-hydrogen) atoms. The summed E-state index contributed by atoms with van der Waals surface area (Å²) in [5.74, 6) is 0.971. The highest BCUT2D eigenvalue weighted by molar-refractivity contribution is 5.41. The maximum Gasteiger partial charge on any atom is 0.123 e. The molecule has 2 N–H and O–H groups in total. The molecule has 0 saturated carbocycles. The van der Waals surface area contributed by atoms with E-state index in [1.54, 1.807) is 7.11 Å². The summed E-state index contributed by atoms with van der Waals surface area (Å²) in [5, 5.41) is 0. The summed E-state index contributed by atoms with van der Waals surface area (Å²) in [6, 6.07) is 4.34. The van der Waals surface area contributed by atoms with Gasteiger partial charge in [-0.3, -0.25) is 4.90 Å². The maximum absolute atomic E-state index is 5.69. The Morgan fingerprint density at radius 1 is 1.21 bits per heavy atom. The number of methoxy groups -OCH3 is 1. The van der Waals surface area contributed by atoms with Crippen molar-refractivity contribution in [3.63, 3.8) is 0 Å². The third-order valence-corrected chi connectivity index (χ3v) is 4.09. The van der Waals surface area contributed by atoms with Crippen LogP contribution in [0.1, 0.15) is 37.0 Å². The maximum atomic E-state index is 5.69. The SMILES string of the molecule is COc1cc(C)c(C)cc1CN(C)C(C)(C)CCN. The van der Waals surface area contributed by atoms with E-state index in [1.807, 2.05) is 0 Å². The van der Waals surface area contributed by atoms with Crippen molar-refractivity contribution in [2.24, 2.45) is 5.73 Å². The minimum absolute atomic E-state index is 0.0958. The van der Waals surface area contributed by atoms with Crippen molar-refractivity contribution in [1.29, 1.82) is 0 Å². The molecule has 1 aromatic rings. The molecule has 0 fully saturated rings. The smallest absolute Gasteiger partial charge is 0.123 e. The van der Waals surface area contributed by atoms with Gasteiger partial charge in [0.2, 0.25) is 0 Å². The van der Waals surface area contributed by atoms with Crippen LogP contribution in [0.15, 0.2) is 12.1 Å². The van der Waals surface area contributed by atoms with Gasteiger partial charge in [-0.25, -0.2) is 0 Å². The molecule has 108 valence electrons. The lowest BCUT2D eigenvalue weighted by Crippen LogP contribution is -2.42. The third-order valence-electron chi connectivity index (χ3n) is 4.09. The molecule has 0 aliphatic heterocycles. The van der Waals surface area contributed by atoms with Crippen molar-refractivity contribution in [3.05, 3.63) is 28.8 Å². The molecule has 0 saturated heterocycles. The second kappa shape index (κ2) is 6.40. The van der Waals surface area contributed by atoms with Gasteiger partial charge < -0.3 is 10.5 Å². The van der Waals surface area contributed by atoms with Crippen molar-refractivity contribution in [1.82, 2.24) is 4.90 Å². The van der Waals surface area contributed by atoms with E-state index in [0.29, 0.717) is 6.54 Å². The van der Waals surface area contributed by atoms with Gasteiger partial charge in [-0.05, 0) is 64.9 Å². The quantitative estimate of drug-likeness (QED) is 0.858. The molecule has 0 spiro atoms. The van der Waals surface area contributed by atoms with Gasteiger partial charge in [0.15, 0.2) is 0 Å². The van der Waals surface area contributed by atoms with Crippen LogP contribution in [0.25, 0.3) is 0 Å². The molecule has 0 unspecified atom stereocenters. The monoisotopic (exact) mass is 264 g/mol. The van der Waals surface area contributed by atoms with E-state index in [-0.39, 0.29) is 5.54 Å².